The number of nitrogen functional groups attached to an aromatic ring is 1. The highest BCUT2D eigenvalue weighted by Gasteiger charge is 2.35. The summed E-state index contributed by atoms with van der Waals surface area (Å²) < 4.78 is 29.2. The summed E-state index contributed by atoms with van der Waals surface area (Å²) in [5.74, 6) is -1.92. The first-order valence-electron chi connectivity index (χ1n) is 10.7. The third-order valence-electron chi connectivity index (χ3n) is 6.03. The molecule has 1 amide bonds. The van der Waals surface area contributed by atoms with Crippen LogP contribution in [0.3, 0.4) is 0 Å². The minimum absolute atomic E-state index is 0.0539. The van der Waals surface area contributed by atoms with E-state index in [0.717, 1.165) is 28.2 Å². The fraction of sp³-hybridized carbons (Fsp3) is 0.273. The maximum absolute atomic E-state index is 14.4. The molecule has 2 N–H and O–H groups in total. The average molecular weight is 466 g/mol. The van der Waals surface area contributed by atoms with Gasteiger partial charge in [-0.1, -0.05) is 12.1 Å². The third kappa shape index (κ3) is 3.71. The molecular weight excluding hydrogens is 446 g/mol. The van der Waals surface area contributed by atoms with Gasteiger partial charge in [-0.2, -0.15) is 4.68 Å². The summed E-state index contributed by atoms with van der Waals surface area (Å²) in [4.78, 5) is 27.8. The number of hydrazine groups is 1. The number of amides is 1. The third-order valence-corrected chi connectivity index (χ3v) is 6.03. The molecule has 1 aromatic carbocycles. The van der Waals surface area contributed by atoms with Crippen molar-refractivity contribution in [3.8, 4) is 17.1 Å². The number of halogens is 2. The molecule has 5 rings (SSSR count). The minimum Gasteiger partial charge on any atom is -0.383 e. The van der Waals surface area contributed by atoms with Crippen molar-refractivity contribution in [1.29, 1.82) is 0 Å². The van der Waals surface area contributed by atoms with E-state index in [2.05, 4.69) is 20.5 Å². The summed E-state index contributed by atoms with van der Waals surface area (Å²) in [7, 11) is 0. The quantitative estimate of drug-likeness (QED) is 0.565. The SMILES string of the molecule is Nc1ncc(C2=CCN(N3C(=O)CC[C@H]3C=O)CC2)cc1-c1nnnn1-c1cccc(F)c1F. The highest BCUT2D eigenvalue weighted by atomic mass is 19.2. The standard InChI is InChI=1S/C22H20F2N8O2/c23-17-2-1-3-18(20(17)24)31-22(27-28-29-31)16-10-14(11-26-21(16)25)13-6-8-30(9-7-13)32-15(12-33)4-5-19(32)34/h1-3,6,10-12,15H,4-5,7-9H2,(H2,25,26)/t15-/m0/s1. The molecule has 2 aliphatic heterocycles. The van der Waals surface area contributed by atoms with Crippen LogP contribution in [0.5, 0.6) is 0 Å². The fourth-order valence-corrected chi connectivity index (χ4v) is 4.31. The van der Waals surface area contributed by atoms with Crippen molar-refractivity contribution >= 4 is 23.6 Å². The van der Waals surface area contributed by atoms with Crippen LogP contribution in [0, 0.1) is 11.6 Å². The summed E-state index contributed by atoms with van der Waals surface area (Å²) >= 11 is 0. The summed E-state index contributed by atoms with van der Waals surface area (Å²) in [6.07, 6.45) is 5.88. The number of pyridine rings is 1. The lowest BCUT2D eigenvalue weighted by atomic mass is 9.99. The number of nitrogens with zero attached hydrogens (tertiary/aromatic N) is 7. The second-order valence-corrected chi connectivity index (χ2v) is 8.02. The van der Waals surface area contributed by atoms with Gasteiger partial charge in [0.2, 0.25) is 5.91 Å². The molecule has 2 aromatic heterocycles. The summed E-state index contributed by atoms with van der Waals surface area (Å²) in [5, 5.41) is 14.8. The molecule has 1 atom stereocenters. The summed E-state index contributed by atoms with van der Waals surface area (Å²) in [6, 6.07) is 5.05. The van der Waals surface area contributed by atoms with Gasteiger partial charge in [-0.3, -0.25) is 9.80 Å². The van der Waals surface area contributed by atoms with Gasteiger partial charge in [0.15, 0.2) is 17.5 Å². The zero-order chi connectivity index (χ0) is 23.8. The van der Waals surface area contributed by atoms with Crippen molar-refractivity contribution in [3.05, 3.63) is 53.7 Å². The van der Waals surface area contributed by atoms with Gasteiger partial charge in [0, 0.05) is 25.7 Å². The van der Waals surface area contributed by atoms with Gasteiger partial charge in [0.05, 0.1) is 5.56 Å². The highest BCUT2D eigenvalue weighted by Crippen LogP contribution is 2.31. The Balaban J connectivity index is 1.45. The van der Waals surface area contributed by atoms with Gasteiger partial charge in [-0.25, -0.2) is 18.8 Å². The number of carbonyl (C=O) groups excluding carboxylic acids is 2. The van der Waals surface area contributed by atoms with Gasteiger partial charge in [-0.15, -0.1) is 5.10 Å². The topological polar surface area (TPSA) is 123 Å². The van der Waals surface area contributed by atoms with Crippen LogP contribution in [0.25, 0.3) is 22.6 Å². The van der Waals surface area contributed by atoms with Crippen molar-refractivity contribution in [2.75, 3.05) is 18.8 Å². The van der Waals surface area contributed by atoms with Crippen molar-refractivity contribution in [1.82, 2.24) is 35.2 Å². The Kier molecular flexibility index (Phi) is 5.57. The fourth-order valence-electron chi connectivity index (χ4n) is 4.31. The largest absolute Gasteiger partial charge is 0.383 e. The van der Waals surface area contributed by atoms with E-state index in [1.165, 1.54) is 12.1 Å². The number of carbonyl (C=O) groups is 2. The van der Waals surface area contributed by atoms with E-state index >= 15 is 0 Å². The Morgan fingerprint density at radius 1 is 1.21 bits per heavy atom. The van der Waals surface area contributed by atoms with E-state index < -0.39 is 17.7 Å². The molecule has 0 unspecified atom stereocenters. The lowest BCUT2D eigenvalue weighted by molar-refractivity contribution is -0.149. The van der Waals surface area contributed by atoms with E-state index in [9.17, 15) is 18.4 Å². The molecule has 174 valence electrons. The van der Waals surface area contributed by atoms with Crippen LogP contribution in [-0.4, -0.2) is 66.5 Å². The van der Waals surface area contributed by atoms with Crippen LogP contribution < -0.4 is 5.73 Å². The number of nitrogens with two attached hydrogens (primary N) is 1. The van der Waals surface area contributed by atoms with E-state index in [0.29, 0.717) is 37.9 Å². The number of hydrogen-bond donors (Lipinski definition) is 1. The second-order valence-electron chi connectivity index (χ2n) is 8.02. The van der Waals surface area contributed by atoms with Crippen LogP contribution >= 0.6 is 0 Å². The predicted octanol–water partition coefficient (Wildman–Crippen LogP) is 1.78. The van der Waals surface area contributed by atoms with Crippen molar-refractivity contribution in [3.63, 3.8) is 0 Å². The van der Waals surface area contributed by atoms with Gasteiger partial charge in [0.25, 0.3) is 0 Å². The van der Waals surface area contributed by atoms with E-state index in [1.54, 1.807) is 17.3 Å². The summed E-state index contributed by atoms with van der Waals surface area (Å²) in [5.41, 5.74) is 8.02. The highest BCUT2D eigenvalue weighted by molar-refractivity contribution is 5.83. The first kappa shape index (κ1) is 21.8. The minimum atomic E-state index is -1.08. The van der Waals surface area contributed by atoms with Gasteiger partial charge in [-0.05, 0) is 52.6 Å². The molecule has 0 spiro atoms. The second kappa shape index (κ2) is 8.71. The number of hydrogen-bond acceptors (Lipinski definition) is 8. The molecule has 12 heteroatoms. The van der Waals surface area contributed by atoms with Crippen molar-refractivity contribution < 1.29 is 18.4 Å². The van der Waals surface area contributed by atoms with Gasteiger partial charge < -0.3 is 10.5 Å². The molecule has 0 bridgehead atoms. The lowest BCUT2D eigenvalue weighted by Crippen LogP contribution is -2.50. The Hall–Kier alpha value is -4.06. The normalized spacial score (nSPS) is 18.9. The maximum atomic E-state index is 14.4. The first-order valence-corrected chi connectivity index (χ1v) is 10.7. The van der Waals surface area contributed by atoms with Gasteiger partial charge in [0.1, 0.15) is 23.8 Å². The molecule has 3 aromatic rings. The molecule has 4 heterocycles. The van der Waals surface area contributed by atoms with Crippen molar-refractivity contribution in [2.45, 2.75) is 25.3 Å². The number of tetrazole rings is 1. The van der Waals surface area contributed by atoms with Crippen molar-refractivity contribution in [2.24, 2.45) is 0 Å². The number of benzene rings is 1. The van der Waals surface area contributed by atoms with Gasteiger partial charge >= 0.3 is 0 Å². The molecule has 0 aliphatic carbocycles. The monoisotopic (exact) mass is 466 g/mol. The number of aromatic nitrogens is 5. The maximum Gasteiger partial charge on any atom is 0.237 e. The molecule has 1 fully saturated rings. The van der Waals surface area contributed by atoms with Crippen LogP contribution in [0.1, 0.15) is 24.8 Å². The Labute approximate surface area is 192 Å². The van der Waals surface area contributed by atoms with E-state index in [1.807, 2.05) is 11.1 Å². The average Bonchev–Trinajstić information content (AvgIpc) is 3.48. The lowest BCUT2D eigenvalue weighted by Gasteiger charge is -2.36. The Morgan fingerprint density at radius 2 is 2.06 bits per heavy atom. The number of anilines is 1. The molecule has 10 nitrogen and oxygen atoms in total. The van der Waals surface area contributed by atoms with Crippen LogP contribution in [0.4, 0.5) is 14.6 Å². The first-order chi connectivity index (χ1) is 16.5. The number of rotatable bonds is 5. The number of aldehydes is 1. The van der Waals surface area contributed by atoms with Crippen LogP contribution in [-0.2, 0) is 9.59 Å². The van der Waals surface area contributed by atoms with Crippen LogP contribution in [0.2, 0.25) is 0 Å². The molecular formula is C22H20F2N8O2. The predicted molar refractivity (Wildman–Crippen MR) is 117 cm³/mol. The van der Waals surface area contributed by atoms with E-state index in [-0.39, 0.29) is 23.2 Å². The zero-order valence-electron chi connectivity index (χ0n) is 17.9. The molecule has 0 saturated carbocycles. The van der Waals surface area contributed by atoms with Crippen LogP contribution in [0.15, 0.2) is 36.5 Å². The molecule has 34 heavy (non-hydrogen) atoms. The van der Waals surface area contributed by atoms with E-state index in [4.69, 9.17) is 5.73 Å². The zero-order valence-corrected chi connectivity index (χ0v) is 17.9. The Morgan fingerprint density at radius 3 is 2.82 bits per heavy atom. The summed E-state index contributed by atoms with van der Waals surface area (Å²) in [6.45, 7) is 1.01. The molecule has 2 aliphatic rings. The molecule has 1 saturated heterocycles. The smallest absolute Gasteiger partial charge is 0.237 e. The Bertz CT molecular complexity index is 1310. The molecule has 0 radical (unpaired) electrons.